The van der Waals surface area contributed by atoms with Crippen molar-refractivity contribution in [2.75, 3.05) is 6.61 Å². The van der Waals surface area contributed by atoms with E-state index in [9.17, 15) is 9.59 Å². The first-order chi connectivity index (χ1) is 14.0. The van der Waals surface area contributed by atoms with E-state index in [-0.39, 0.29) is 5.78 Å². The molecule has 0 aromatic heterocycles. The maximum absolute atomic E-state index is 12.0. The molecule has 4 rings (SSSR count). The lowest BCUT2D eigenvalue weighted by molar-refractivity contribution is 0.0932. The number of primary amides is 1. The maximum atomic E-state index is 12.0. The number of benzene rings is 3. The average molecular weight is 408 g/mol. The van der Waals surface area contributed by atoms with Crippen molar-refractivity contribution in [2.45, 2.75) is 12.5 Å². The fourth-order valence-corrected chi connectivity index (χ4v) is 3.36. The van der Waals surface area contributed by atoms with Gasteiger partial charge in [-0.25, -0.2) is 0 Å². The molecule has 0 aliphatic carbocycles. The predicted octanol–water partition coefficient (Wildman–Crippen LogP) is 4.57. The number of carbonyl (C=O) groups excluding carboxylic acids is 2. The number of Topliss-reactive ketones (excluding diaryl/α,β-unsaturated/α-hetero) is 1. The third-order valence-corrected chi connectivity index (χ3v) is 5.02. The molecule has 2 N–H and O–H groups in total. The summed E-state index contributed by atoms with van der Waals surface area (Å²) in [4.78, 5) is 23.4. The largest absolute Gasteiger partial charge is 0.492 e. The number of amides is 1. The number of fused-ring (bicyclic) bond motifs is 1. The van der Waals surface area contributed by atoms with Crippen LogP contribution in [0.25, 0.3) is 0 Å². The summed E-state index contributed by atoms with van der Waals surface area (Å²) in [5.74, 6) is 0.668. The molecular weight excluding hydrogens is 390 g/mol. The van der Waals surface area contributed by atoms with Crippen LogP contribution in [0.15, 0.2) is 66.7 Å². The molecule has 0 radical (unpaired) electrons. The maximum Gasteiger partial charge on any atom is 0.248 e. The lowest BCUT2D eigenvalue weighted by Crippen LogP contribution is -2.16. The Bertz CT molecular complexity index is 1060. The van der Waals surface area contributed by atoms with Crippen LogP contribution in [-0.4, -0.2) is 18.3 Å². The number of rotatable bonds is 5. The highest BCUT2D eigenvalue weighted by molar-refractivity contribution is 6.30. The summed E-state index contributed by atoms with van der Waals surface area (Å²) in [6.07, 6.45) is -0.0705. The van der Waals surface area contributed by atoms with Crippen LogP contribution in [0, 0.1) is 0 Å². The highest BCUT2D eigenvalue weighted by Gasteiger charge is 2.21. The van der Waals surface area contributed by atoms with Gasteiger partial charge in [0.2, 0.25) is 5.91 Å². The van der Waals surface area contributed by atoms with Crippen molar-refractivity contribution in [3.05, 3.63) is 94.0 Å². The standard InChI is InChI=1S/C23H18ClNO4/c24-17-7-5-15(6-8-17)22(14-1-3-16(4-2-14)23(25)27)29-18-9-10-19-20(26)11-12-28-21(19)13-18/h1-10,13,22H,11-12H2,(H2,25,27). The summed E-state index contributed by atoms with van der Waals surface area (Å²) in [7, 11) is 0. The number of carbonyl (C=O) groups is 2. The highest BCUT2D eigenvalue weighted by atomic mass is 35.5. The van der Waals surface area contributed by atoms with Gasteiger partial charge >= 0.3 is 0 Å². The van der Waals surface area contributed by atoms with Gasteiger partial charge in [-0.05, 0) is 47.5 Å². The lowest BCUT2D eigenvalue weighted by Gasteiger charge is -2.22. The molecule has 3 aromatic carbocycles. The molecule has 1 unspecified atom stereocenters. The van der Waals surface area contributed by atoms with Gasteiger partial charge in [0.05, 0.1) is 12.2 Å². The number of halogens is 1. The van der Waals surface area contributed by atoms with Gasteiger partial charge < -0.3 is 15.2 Å². The molecule has 1 aliphatic rings. The predicted molar refractivity (Wildman–Crippen MR) is 110 cm³/mol. The van der Waals surface area contributed by atoms with E-state index in [1.807, 2.05) is 12.1 Å². The van der Waals surface area contributed by atoms with Crippen molar-refractivity contribution in [1.82, 2.24) is 0 Å². The molecule has 0 bridgehead atoms. The fourth-order valence-electron chi connectivity index (χ4n) is 3.24. The van der Waals surface area contributed by atoms with Crippen molar-refractivity contribution in [2.24, 2.45) is 5.73 Å². The Balaban J connectivity index is 1.70. The minimum atomic E-state index is -0.489. The van der Waals surface area contributed by atoms with Crippen LogP contribution in [0.5, 0.6) is 11.5 Å². The first-order valence-electron chi connectivity index (χ1n) is 9.13. The van der Waals surface area contributed by atoms with Crippen LogP contribution in [-0.2, 0) is 0 Å². The number of ketones is 1. The number of hydrogen-bond acceptors (Lipinski definition) is 4. The molecular formula is C23H18ClNO4. The monoisotopic (exact) mass is 407 g/mol. The summed E-state index contributed by atoms with van der Waals surface area (Å²) in [5, 5.41) is 0.622. The summed E-state index contributed by atoms with van der Waals surface area (Å²) in [5.41, 5.74) is 8.05. The third-order valence-electron chi connectivity index (χ3n) is 4.76. The minimum Gasteiger partial charge on any atom is -0.492 e. The molecule has 29 heavy (non-hydrogen) atoms. The quantitative estimate of drug-likeness (QED) is 0.671. The molecule has 0 saturated carbocycles. The van der Waals surface area contributed by atoms with Crippen LogP contribution in [0.1, 0.15) is 44.4 Å². The van der Waals surface area contributed by atoms with E-state index in [4.69, 9.17) is 26.8 Å². The zero-order valence-electron chi connectivity index (χ0n) is 15.4. The summed E-state index contributed by atoms with van der Waals surface area (Å²) < 4.78 is 11.9. The molecule has 1 aliphatic heterocycles. The van der Waals surface area contributed by atoms with E-state index in [1.54, 1.807) is 54.6 Å². The van der Waals surface area contributed by atoms with Gasteiger partial charge in [-0.15, -0.1) is 0 Å². The molecule has 1 amide bonds. The summed E-state index contributed by atoms with van der Waals surface area (Å²) in [6.45, 7) is 0.366. The van der Waals surface area contributed by atoms with Crippen molar-refractivity contribution in [3.8, 4) is 11.5 Å². The second-order valence-electron chi connectivity index (χ2n) is 6.72. The van der Waals surface area contributed by atoms with Crippen LogP contribution in [0.3, 0.4) is 0 Å². The molecule has 1 heterocycles. The highest BCUT2D eigenvalue weighted by Crippen LogP contribution is 2.34. The fraction of sp³-hybridized carbons (Fsp3) is 0.130. The van der Waals surface area contributed by atoms with Gasteiger partial charge in [0, 0.05) is 23.1 Å². The van der Waals surface area contributed by atoms with Gasteiger partial charge in [0.1, 0.15) is 17.6 Å². The van der Waals surface area contributed by atoms with Gasteiger partial charge in [0.25, 0.3) is 0 Å². The molecule has 146 valence electrons. The second-order valence-corrected chi connectivity index (χ2v) is 7.15. The minimum absolute atomic E-state index is 0.0640. The molecule has 0 spiro atoms. The number of ether oxygens (including phenoxy) is 2. The number of nitrogens with two attached hydrogens (primary N) is 1. The summed E-state index contributed by atoms with van der Waals surface area (Å²) in [6, 6.07) is 19.5. The van der Waals surface area contributed by atoms with Crippen LogP contribution < -0.4 is 15.2 Å². The van der Waals surface area contributed by atoms with Gasteiger partial charge in [0.15, 0.2) is 5.78 Å². The Kier molecular flexibility index (Phi) is 5.23. The molecule has 1 atom stereocenters. The Hall–Kier alpha value is -3.31. The van der Waals surface area contributed by atoms with Gasteiger partial charge in [-0.3, -0.25) is 9.59 Å². The topological polar surface area (TPSA) is 78.6 Å². The van der Waals surface area contributed by atoms with E-state index in [2.05, 4.69) is 0 Å². The SMILES string of the molecule is NC(=O)c1ccc(C(Oc2ccc3c(c2)OCCC3=O)c2ccc(Cl)cc2)cc1. The zero-order valence-corrected chi connectivity index (χ0v) is 16.2. The lowest BCUT2D eigenvalue weighted by atomic mass is 9.99. The molecule has 0 fully saturated rings. The number of hydrogen-bond donors (Lipinski definition) is 1. The van der Waals surface area contributed by atoms with E-state index in [0.29, 0.717) is 40.7 Å². The molecule has 6 heteroatoms. The van der Waals surface area contributed by atoms with Crippen LogP contribution in [0.4, 0.5) is 0 Å². The van der Waals surface area contributed by atoms with Crippen molar-refractivity contribution < 1.29 is 19.1 Å². The van der Waals surface area contributed by atoms with Crippen molar-refractivity contribution >= 4 is 23.3 Å². The Labute approximate surface area is 173 Å². The summed E-state index contributed by atoms with van der Waals surface area (Å²) >= 11 is 6.03. The smallest absolute Gasteiger partial charge is 0.248 e. The normalized spacial score (nSPS) is 13.9. The van der Waals surface area contributed by atoms with Crippen LogP contribution >= 0.6 is 11.6 Å². The third kappa shape index (κ3) is 4.10. The van der Waals surface area contributed by atoms with Gasteiger partial charge in [-0.1, -0.05) is 35.9 Å². The van der Waals surface area contributed by atoms with E-state index < -0.39 is 12.0 Å². The van der Waals surface area contributed by atoms with Crippen LogP contribution in [0.2, 0.25) is 5.02 Å². The van der Waals surface area contributed by atoms with Crippen molar-refractivity contribution in [1.29, 1.82) is 0 Å². The van der Waals surface area contributed by atoms with Gasteiger partial charge in [-0.2, -0.15) is 0 Å². The Morgan fingerprint density at radius 1 is 1.00 bits per heavy atom. The molecule has 3 aromatic rings. The Morgan fingerprint density at radius 2 is 1.66 bits per heavy atom. The van der Waals surface area contributed by atoms with E-state index >= 15 is 0 Å². The second kappa shape index (κ2) is 7.97. The zero-order chi connectivity index (χ0) is 20.4. The average Bonchev–Trinajstić information content (AvgIpc) is 2.73. The molecule has 0 saturated heterocycles. The van der Waals surface area contributed by atoms with E-state index in [1.165, 1.54) is 0 Å². The first-order valence-corrected chi connectivity index (χ1v) is 9.51. The molecule has 5 nitrogen and oxygen atoms in total. The first kappa shape index (κ1) is 19.0. The van der Waals surface area contributed by atoms with Crippen molar-refractivity contribution in [3.63, 3.8) is 0 Å². The van der Waals surface area contributed by atoms with E-state index in [0.717, 1.165) is 11.1 Å². The Morgan fingerprint density at radius 3 is 2.31 bits per heavy atom.